The minimum Gasteiger partial charge on any atom is -0.494 e. The number of carbonyl (C=O) groups is 2. The van der Waals surface area contributed by atoms with Crippen LogP contribution < -0.4 is 9.64 Å². The Kier molecular flexibility index (Phi) is 5.76. The highest BCUT2D eigenvalue weighted by Gasteiger charge is 2.31. The van der Waals surface area contributed by atoms with Crippen molar-refractivity contribution >= 4 is 28.6 Å². The van der Waals surface area contributed by atoms with Gasteiger partial charge in [-0.05, 0) is 37.7 Å². The number of imide groups is 1. The Labute approximate surface area is 146 Å². The van der Waals surface area contributed by atoms with Gasteiger partial charge in [-0.15, -0.1) is 0 Å². The number of amides is 2. The third-order valence-corrected chi connectivity index (χ3v) is 5.15. The number of hydrogen-bond donors (Lipinski definition) is 0. The van der Waals surface area contributed by atoms with Crippen LogP contribution in [0.15, 0.2) is 24.3 Å². The van der Waals surface area contributed by atoms with Crippen molar-refractivity contribution in [2.24, 2.45) is 0 Å². The van der Waals surface area contributed by atoms with E-state index in [1.165, 1.54) is 4.90 Å². The van der Waals surface area contributed by atoms with Crippen LogP contribution in [-0.4, -0.2) is 73.1 Å². The number of piperazine rings is 1. The average molecular weight is 349 g/mol. The van der Waals surface area contributed by atoms with Gasteiger partial charge in [-0.25, -0.2) is 4.90 Å². The molecule has 0 aromatic heterocycles. The van der Waals surface area contributed by atoms with E-state index in [9.17, 15) is 9.59 Å². The molecule has 2 aliphatic heterocycles. The van der Waals surface area contributed by atoms with Gasteiger partial charge in [0.2, 0.25) is 5.91 Å². The summed E-state index contributed by atoms with van der Waals surface area (Å²) in [5, 5.41) is -0.208. The van der Waals surface area contributed by atoms with Crippen molar-refractivity contribution in [2.75, 3.05) is 57.0 Å². The number of likely N-dealkylation sites (N-methyl/N-ethyl adjacent to an activating group) is 1. The Hall–Kier alpha value is -1.57. The van der Waals surface area contributed by atoms with Crippen LogP contribution in [0.5, 0.6) is 5.75 Å². The molecule has 2 saturated heterocycles. The van der Waals surface area contributed by atoms with Crippen molar-refractivity contribution in [2.45, 2.75) is 6.42 Å². The van der Waals surface area contributed by atoms with Gasteiger partial charge in [0.1, 0.15) is 5.75 Å². The summed E-state index contributed by atoms with van der Waals surface area (Å²) in [5.74, 6) is 0.832. The van der Waals surface area contributed by atoms with Crippen LogP contribution in [0, 0.1) is 0 Å². The molecule has 0 atom stereocenters. The lowest BCUT2D eigenvalue weighted by atomic mass is 10.2. The van der Waals surface area contributed by atoms with Crippen LogP contribution in [0.1, 0.15) is 6.42 Å². The highest BCUT2D eigenvalue weighted by atomic mass is 32.2. The molecule has 1 aromatic carbocycles. The Morgan fingerprint density at radius 2 is 1.79 bits per heavy atom. The van der Waals surface area contributed by atoms with Crippen LogP contribution in [0.3, 0.4) is 0 Å². The van der Waals surface area contributed by atoms with Gasteiger partial charge in [-0.1, -0.05) is 11.8 Å². The summed E-state index contributed by atoms with van der Waals surface area (Å²) in [4.78, 5) is 29.4. The number of hydrogen-bond acceptors (Lipinski definition) is 6. The Morgan fingerprint density at radius 3 is 2.42 bits per heavy atom. The lowest BCUT2D eigenvalue weighted by Crippen LogP contribution is -2.44. The minimum absolute atomic E-state index is 0.161. The zero-order valence-electron chi connectivity index (χ0n) is 13.9. The van der Waals surface area contributed by atoms with E-state index in [1.54, 1.807) is 12.1 Å². The van der Waals surface area contributed by atoms with Gasteiger partial charge in [-0.2, -0.15) is 0 Å². The third-order valence-electron chi connectivity index (χ3n) is 4.33. The van der Waals surface area contributed by atoms with Crippen molar-refractivity contribution in [3.8, 4) is 5.75 Å². The molecule has 24 heavy (non-hydrogen) atoms. The number of anilines is 1. The predicted molar refractivity (Wildman–Crippen MR) is 95.8 cm³/mol. The topological polar surface area (TPSA) is 53.1 Å². The van der Waals surface area contributed by atoms with E-state index < -0.39 is 0 Å². The Morgan fingerprint density at radius 1 is 1.08 bits per heavy atom. The van der Waals surface area contributed by atoms with E-state index in [-0.39, 0.29) is 16.9 Å². The molecule has 7 heteroatoms. The first-order valence-corrected chi connectivity index (χ1v) is 9.25. The van der Waals surface area contributed by atoms with Gasteiger partial charge in [0.15, 0.2) is 0 Å². The molecular formula is C17H23N3O3S. The van der Waals surface area contributed by atoms with Gasteiger partial charge in [0.25, 0.3) is 5.24 Å². The third kappa shape index (κ3) is 4.28. The fraction of sp³-hybridized carbons (Fsp3) is 0.529. The van der Waals surface area contributed by atoms with Crippen LogP contribution >= 0.6 is 11.8 Å². The lowest BCUT2D eigenvalue weighted by molar-refractivity contribution is -0.115. The normalized spacial score (nSPS) is 20.0. The highest BCUT2D eigenvalue weighted by Crippen LogP contribution is 2.27. The standard InChI is InChI=1S/C17H23N3O3S/c1-18-8-10-19(11-9-18)7-2-12-23-15-5-3-14(4-6-15)20-16(21)13-24-17(20)22/h3-6H,2,7-13H2,1H3. The van der Waals surface area contributed by atoms with Crippen molar-refractivity contribution in [1.29, 1.82) is 0 Å². The molecule has 3 rings (SSSR count). The fourth-order valence-electron chi connectivity index (χ4n) is 2.84. The van der Waals surface area contributed by atoms with Crippen molar-refractivity contribution in [1.82, 2.24) is 9.80 Å². The molecule has 0 N–H and O–H groups in total. The summed E-state index contributed by atoms with van der Waals surface area (Å²) in [6.07, 6.45) is 0.991. The van der Waals surface area contributed by atoms with E-state index in [1.807, 2.05) is 12.1 Å². The molecule has 1 aromatic rings. The molecule has 6 nitrogen and oxygen atoms in total. The minimum atomic E-state index is -0.208. The van der Waals surface area contributed by atoms with Crippen molar-refractivity contribution in [3.63, 3.8) is 0 Å². The smallest absolute Gasteiger partial charge is 0.293 e. The van der Waals surface area contributed by atoms with Crippen molar-refractivity contribution in [3.05, 3.63) is 24.3 Å². The molecule has 0 unspecified atom stereocenters. The highest BCUT2D eigenvalue weighted by molar-refractivity contribution is 8.15. The van der Waals surface area contributed by atoms with E-state index in [2.05, 4.69) is 16.8 Å². The summed E-state index contributed by atoms with van der Waals surface area (Å²) in [7, 11) is 2.16. The number of nitrogens with zero attached hydrogens (tertiary/aromatic N) is 3. The molecule has 0 bridgehead atoms. The van der Waals surface area contributed by atoms with Gasteiger partial charge in [0, 0.05) is 32.7 Å². The second kappa shape index (κ2) is 8.00. The number of carbonyl (C=O) groups excluding carboxylic acids is 2. The second-order valence-corrected chi connectivity index (χ2v) is 7.05. The molecule has 2 amide bonds. The van der Waals surface area contributed by atoms with E-state index in [0.29, 0.717) is 12.3 Å². The fourth-order valence-corrected chi connectivity index (χ4v) is 3.56. The van der Waals surface area contributed by atoms with E-state index in [4.69, 9.17) is 4.74 Å². The number of rotatable bonds is 6. The monoisotopic (exact) mass is 349 g/mol. The SMILES string of the molecule is CN1CCN(CCCOc2ccc(N3C(=O)CSC3=O)cc2)CC1. The molecular weight excluding hydrogens is 326 g/mol. The Balaban J connectivity index is 1.42. The number of thioether (sulfide) groups is 1. The first-order valence-electron chi connectivity index (χ1n) is 8.27. The molecule has 0 aliphatic carbocycles. The zero-order valence-corrected chi connectivity index (χ0v) is 14.8. The quantitative estimate of drug-likeness (QED) is 0.731. The first kappa shape index (κ1) is 17.3. The maximum Gasteiger partial charge on any atom is 0.293 e. The maximum absolute atomic E-state index is 11.7. The largest absolute Gasteiger partial charge is 0.494 e. The van der Waals surface area contributed by atoms with Gasteiger partial charge in [0.05, 0.1) is 18.0 Å². The summed E-state index contributed by atoms with van der Waals surface area (Å²) in [5.41, 5.74) is 0.611. The first-order chi connectivity index (χ1) is 11.6. The van der Waals surface area contributed by atoms with E-state index in [0.717, 1.165) is 56.7 Å². The van der Waals surface area contributed by atoms with E-state index >= 15 is 0 Å². The van der Waals surface area contributed by atoms with Crippen LogP contribution in [0.4, 0.5) is 10.5 Å². The van der Waals surface area contributed by atoms with Gasteiger partial charge >= 0.3 is 0 Å². The van der Waals surface area contributed by atoms with Crippen molar-refractivity contribution < 1.29 is 14.3 Å². The lowest BCUT2D eigenvalue weighted by Gasteiger charge is -2.32. The number of benzene rings is 1. The molecule has 0 saturated carbocycles. The van der Waals surface area contributed by atoms with Gasteiger partial charge < -0.3 is 14.5 Å². The second-order valence-electron chi connectivity index (χ2n) is 6.12. The van der Waals surface area contributed by atoms with Crippen LogP contribution in [0.25, 0.3) is 0 Å². The summed E-state index contributed by atoms with van der Waals surface area (Å²) < 4.78 is 5.76. The predicted octanol–water partition coefficient (Wildman–Crippen LogP) is 1.90. The molecule has 2 aliphatic rings. The summed E-state index contributed by atoms with van der Waals surface area (Å²) >= 11 is 1.04. The molecule has 2 heterocycles. The average Bonchev–Trinajstić information content (AvgIpc) is 2.93. The van der Waals surface area contributed by atoms with Gasteiger partial charge in [-0.3, -0.25) is 9.59 Å². The van der Waals surface area contributed by atoms with Crippen LogP contribution in [0.2, 0.25) is 0 Å². The molecule has 0 radical (unpaired) electrons. The molecule has 130 valence electrons. The zero-order chi connectivity index (χ0) is 16.9. The van der Waals surface area contributed by atoms with Crippen LogP contribution in [-0.2, 0) is 4.79 Å². The summed E-state index contributed by atoms with van der Waals surface area (Å²) in [6.45, 7) is 6.24. The molecule has 2 fully saturated rings. The maximum atomic E-state index is 11.7. The summed E-state index contributed by atoms with van der Waals surface area (Å²) in [6, 6.07) is 7.15. The molecule has 0 spiro atoms. The Bertz CT molecular complexity index is 569. The number of ether oxygens (including phenoxy) is 1.